The second kappa shape index (κ2) is 6.78. The fourth-order valence-corrected chi connectivity index (χ4v) is 4.07. The molecule has 1 N–H and O–H groups in total. The maximum Gasteiger partial charge on any atom is 0.0833 e. The van der Waals surface area contributed by atoms with Crippen molar-refractivity contribution in [3.63, 3.8) is 0 Å². The SMILES string of the molecule is O[C@@H](c1c2ccccc2cc2ccccc12)C1CC=CCCCC1. The zero-order chi connectivity index (χ0) is 16.4. The molecule has 1 nitrogen and oxygen atoms in total. The molecule has 122 valence electrons. The first kappa shape index (κ1) is 15.4. The quantitative estimate of drug-likeness (QED) is 0.443. The Bertz CT molecular complexity index is 823. The second-order valence-electron chi connectivity index (χ2n) is 6.93. The van der Waals surface area contributed by atoms with Gasteiger partial charge < -0.3 is 5.11 Å². The molecule has 1 unspecified atom stereocenters. The van der Waals surface area contributed by atoms with E-state index in [4.69, 9.17) is 0 Å². The van der Waals surface area contributed by atoms with Crippen LogP contribution in [0.2, 0.25) is 0 Å². The average Bonchev–Trinajstić information content (AvgIpc) is 2.59. The van der Waals surface area contributed by atoms with Gasteiger partial charge in [0.15, 0.2) is 0 Å². The highest BCUT2D eigenvalue weighted by atomic mass is 16.3. The molecule has 0 amide bonds. The van der Waals surface area contributed by atoms with Crippen LogP contribution in [0.1, 0.15) is 43.8 Å². The molecule has 0 spiro atoms. The van der Waals surface area contributed by atoms with E-state index in [1.54, 1.807) is 0 Å². The Morgan fingerprint density at radius 1 is 0.833 bits per heavy atom. The Kier molecular flexibility index (Phi) is 4.36. The molecule has 4 rings (SSSR count). The number of fused-ring (bicyclic) bond motifs is 2. The molecule has 1 heteroatoms. The first-order chi connectivity index (χ1) is 11.8. The van der Waals surface area contributed by atoms with Gasteiger partial charge in [-0.1, -0.05) is 67.1 Å². The Balaban J connectivity index is 1.89. The molecule has 0 fully saturated rings. The number of aliphatic hydroxyl groups is 1. The van der Waals surface area contributed by atoms with Gasteiger partial charge in [-0.3, -0.25) is 0 Å². The maximum atomic E-state index is 11.3. The number of benzene rings is 3. The lowest BCUT2D eigenvalue weighted by molar-refractivity contribution is 0.104. The molecule has 2 atom stereocenters. The Morgan fingerprint density at radius 2 is 1.50 bits per heavy atom. The summed E-state index contributed by atoms with van der Waals surface area (Å²) in [7, 11) is 0. The van der Waals surface area contributed by atoms with E-state index in [0.29, 0.717) is 5.92 Å². The molecule has 24 heavy (non-hydrogen) atoms. The second-order valence-corrected chi connectivity index (χ2v) is 6.93. The minimum atomic E-state index is -0.413. The third-order valence-electron chi connectivity index (χ3n) is 5.36. The zero-order valence-corrected chi connectivity index (χ0v) is 14.0. The van der Waals surface area contributed by atoms with E-state index in [2.05, 4.69) is 66.7 Å². The van der Waals surface area contributed by atoms with E-state index in [9.17, 15) is 5.11 Å². The van der Waals surface area contributed by atoms with E-state index < -0.39 is 6.10 Å². The van der Waals surface area contributed by atoms with Crippen molar-refractivity contribution >= 4 is 21.5 Å². The molecule has 3 aromatic carbocycles. The molecular weight excluding hydrogens is 292 g/mol. The summed E-state index contributed by atoms with van der Waals surface area (Å²) >= 11 is 0. The molecule has 3 aromatic rings. The molecule has 0 aromatic heterocycles. The minimum Gasteiger partial charge on any atom is -0.388 e. The zero-order valence-electron chi connectivity index (χ0n) is 14.0. The summed E-state index contributed by atoms with van der Waals surface area (Å²) < 4.78 is 0. The van der Waals surface area contributed by atoms with Gasteiger partial charge in [-0.15, -0.1) is 0 Å². The summed E-state index contributed by atoms with van der Waals surface area (Å²) in [5.41, 5.74) is 1.11. The van der Waals surface area contributed by atoms with E-state index in [0.717, 1.165) is 18.4 Å². The van der Waals surface area contributed by atoms with Crippen LogP contribution in [-0.2, 0) is 0 Å². The normalized spacial score (nSPS) is 20.0. The van der Waals surface area contributed by atoms with Crippen molar-refractivity contribution in [3.8, 4) is 0 Å². The van der Waals surface area contributed by atoms with Gasteiger partial charge in [0.1, 0.15) is 0 Å². The summed E-state index contributed by atoms with van der Waals surface area (Å²) in [6.45, 7) is 0. The van der Waals surface area contributed by atoms with E-state index in [1.165, 1.54) is 40.8 Å². The highest BCUT2D eigenvalue weighted by Crippen LogP contribution is 2.39. The van der Waals surface area contributed by atoms with Gasteiger partial charge >= 0.3 is 0 Å². The Hall–Kier alpha value is -2.12. The van der Waals surface area contributed by atoms with Crippen LogP contribution in [0.3, 0.4) is 0 Å². The third-order valence-corrected chi connectivity index (χ3v) is 5.36. The van der Waals surface area contributed by atoms with Crippen molar-refractivity contribution < 1.29 is 5.11 Å². The molecule has 0 heterocycles. The van der Waals surface area contributed by atoms with Crippen LogP contribution in [0.5, 0.6) is 0 Å². The summed E-state index contributed by atoms with van der Waals surface area (Å²) in [5.74, 6) is 0.302. The molecule has 0 saturated carbocycles. The fourth-order valence-electron chi connectivity index (χ4n) is 4.07. The molecule has 1 aliphatic carbocycles. The lowest BCUT2D eigenvalue weighted by Gasteiger charge is -2.26. The van der Waals surface area contributed by atoms with Crippen molar-refractivity contribution in [2.45, 2.75) is 38.2 Å². The monoisotopic (exact) mass is 316 g/mol. The fraction of sp³-hybridized carbons (Fsp3) is 0.304. The van der Waals surface area contributed by atoms with Crippen molar-refractivity contribution in [2.75, 3.05) is 0 Å². The molecule has 1 aliphatic rings. The van der Waals surface area contributed by atoms with Crippen LogP contribution in [-0.4, -0.2) is 5.11 Å². The van der Waals surface area contributed by atoms with Gasteiger partial charge in [0.2, 0.25) is 0 Å². The van der Waals surface area contributed by atoms with Gasteiger partial charge in [0.25, 0.3) is 0 Å². The van der Waals surface area contributed by atoms with Gasteiger partial charge in [-0.25, -0.2) is 0 Å². The number of hydrogen-bond acceptors (Lipinski definition) is 1. The maximum absolute atomic E-state index is 11.3. The van der Waals surface area contributed by atoms with Crippen LogP contribution in [0.4, 0.5) is 0 Å². The van der Waals surface area contributed by atoms with Crippen LogP contribution >= 0.6 is 0 Å². The summed E-state index contributed by atoms with van der Waals surface area (Å²) in [6.07, 6.45) is 9.82. The standard InChI is InChI=1S/C23H24O/c24-23(17-10-4-2-1-3-5-11-17)22-20-14-8-6-12-18(20)16-19-13-7-9-15-21(19)22/h2,4,6-9,12-17,23-24H,1,3,5,10-11H2/t17?,23-/m1/s1. The summed E-state index contributed by atoms with van der Waals surface area (Å²) in [6, 6.07) is 19.1. The Labute approximate surface area is 143 Å². The largest absolute Gasteiger partial charge is 0.388 e. The van der Waals surface area contributed by atoms with Crippen molar-refractivity contribution in [3.05, 3.63) is 72.3 Å². The van der Waals surface area contributed by atoms with Crippen molar-refractivity contribution in [2.24, 2.45) is 5.92 Å². The van der Waals surface area contributed by atoms with Gasteiger partial charge in [-0.05, 0) is 64.8 Å². The number of rotatable bonds is 2. The molecular formula is C23H24O. The lowest BCUT2D eigenvalue weighted by atomic mass is 9.83. The summed E-state index contributed by atoms with van der Waals surface area (Å²) in [5, 5.41) is 16.1. The van der Waals surface area contributed by atoms with Crippen LogP contribution in [0.15, 0.2) is 66.7 Å². The van der Waals surface area contributed by atoms with Crippen molar-refractivity contribution in [1.82, 2.24) is 0 Å². The number of allylic oxidation sites excluding steroid dienone is 2. The van der Waals surface area contributed by atoms with Crippen LogP contribution < -0.4 is 0 Å². The summed E-state index contributed by atoms with van der Waals surface area (Å²) in [4.78, 5) is 0. The third kappa shape index (κ3) is 2.85. The van der Waals surface area contributed by atoms with E-state index in [-0.39, 0.29) is 0 Å². The Morgan fingerprint density at radius 3 is 2.21 bits per heavy atom. The van der Waals surface area contributed by atoms with Crippen LogP contribution in [0.25, 0.3) is 21.5 Å². The molecule has 0 aliphatic heterocycles. The first-order valence-corrected chi connectivity index (χ1v) is 9.08. The topological polar surface area (TPSA) is 20.2 Å². The van der Waals surface area contributed by atoms with Gasteiger partial charge in [0.05, 0.1) is 6.10 Å². The molecule has 0 bridgehead atoms. The van der Waals surface area contributed by atoms with Crippen LogP contribution in [0, 0.1) is 5.92 Å². The highest BCUT2D eigenvalue weighted by molar-refractivity contribution is 6.02. The van der Waals surface area contributed by atoms with E-state index in [1.807, 2.05) is 0 Å². The lowest BCUT2D eigenvalue weighted by Crippen LogP contribution is -2.14. The highest BCUT2D eigenvalue weighted by Gasteiger charge is 2.24. The number of aliphatic hydroxyl groups excluding tert-OH is 1. The predicted molar refractivity (Wildman–Crippen MR) is 102 cm³/mol. The number of hydrogen-bond donors (Lipinski definition) is 1. The average molecular weight is 316 g/mol. The molecule has 0 radical (unpaired) electrons. The molecule has 0 saturated heterocycles. The van der Waals surface area contributed by atoms with Gasteiger partial charge in [0, 0.05) is 0 Å². The minimum absolute atomic E-state index is 0.302. The smallest absolute Gasteiger partial charge is 0.0833 e. The van der Waals surface area contributed by atoms with Gasteiger partial charge in [-0.2, -0.15) is 0 Å². The van der Waals surface area contributed by atoms with E-state index >= 15 is 0 Å². The predicted octanol–water partition coefficient (Wildman–Crippen LogP) is 6.16. The van der Waals surface area contributed by atoms with Crippen molar-refractivity contribution in [1.29, 1.82) is 0 Å². The first-order valence-electron chi connectivity index (χ1n) is 9.08.